The first-order chi connectivity index (χ1) is 8.96. The second kappa shape index (κ2) is 6.84. The van der Waals surface area contributed by atoms with Crippen molar-refractivity contribution >= 4 is 0 Å². The van der Waals surface area contributed by atoms with Crippen molar-refractivity contribution in [1.29, 1.82) is 0 Å². The van der Waals surface area contributed by atoms with Crippen LogP contribution in [0.3, 0.4) is 0 Å². The molecule has 5 heteroatoms. The summed E-state index contributed by atoms with van der Waals surface area (Å²) in [4.78, 5) is 4.21. The predicted molar refractivity (Wildman–Crippen MR) is 75.8 cm³/mol. The molecule has 3 N–H and O–H groups in total. The first kappa shape index (κ1) is 15.9. The number of hydrogen-bond acceptors (Lipinski definition) is 5. The Bertz CT molecular complexity index is 392. The SMILES string of the molecule is CCC(C)(OC)C(NN)c1cncc(OC(C)C)c1. The van der Waals surface area contributed by atoms with Crippen LogP contribution in [0.2, 0.25) is 0 Å². The number of nitrogens with two attached hydrogens (primary N) is 1. The summed E-state index contributed by atoms with van der Waals surface area (Å²) in [6.07, 6.45) is 4.42. The van der Waals surface area contributed by atoms with Gasteiger partial charge >= 0.3 is 0 Å². The third-order valence-electron chi connectivity index (χ3n) is 3.39. The zero-order valence-electron chi connectivity index (χ0n) is 12.4. The van der Waals surface area contributed by atoms with Gasteiger partial charge in [-0.15, -0.1) is 0 Å². The van der Waals surface area contributed by atoms with Crippen LogP contribution >= 0.6 is 0 Å². The maximum absolute atomic E-state index is 5.69. The number of methoxy groups -OCH3 is 1. The minimum Gasteiger partial charge on any atom is -0.489 e. The molecule has 5 nitrogen and oxygen atoms in total. The highest BCUT2D eigenvalue weighted by Crippen LogP contribution is 2.32. The van der Waals surface area contributed by atoms with Crippen LogP contribution in [0.15, 0.2) is 18.5 Å². The Labute approximate surface area is 115 Å². The lowest BCUT2D eigenvalue weighted by atomic mass is 9.89. The predicted octanol–water partition coefficient (Wildman–Crippen LogP) is 2.19. The summed E-state index contributed by atoms with van der Waals surface area (Å²) in [6.45, 7) is 8.05. The highest BCUT2D eigenvalue weighted by molar-refractivity contribution is 5.28. The number of pyridine rings is 1. The van der Waals surface area contributed by atoms with Crippen molar-refractivity contribution in [1.82, 2.24) is 10.4 Å². The number of hydrogen-bond donors (Lipinski definition) is 2. The molecule has 1 aromatic rings. The fourth-order valence-electron chi connectivity index (χ4n) is 2.02. The van der Waals surface area contributed by atoms with Gasteiger partial charge in [0.15, 0.2) is 0 Å². The Morgan fingerprint density at radius 1 is 1.42 bits per heavy atom. The molecule has 0 aromatic carbocycles. The molecule has 0 aliphatic heterocycles. The minimum absolute atomic E-state index is 0.112. The molecule has 0 bridgehead atoms. The van der Waals surface area contributed by atoms with Gasteiger partial charge in [-0.05, 0) is 38.8 Å². The molecule has 0 radical (unpaired) electrons. The lowest BCUT2D eigenvalue weighted by Gasteiger charge is -2.35. The lowest BCUT2D eigenvalue weighted by Crippen LogP contribution is -2.45. The molecule has 0 fully saturated rings. The third-order valence-corrected chi connectivity index (χ3v) is 3.39. The quantitative estimate of drug-likeness (QED) is 0.585. The molecule has 0 saturated carbocycles. The van der Waals surface area contributed by atoms with Gasteiger partial charge in [-0.25, -0.2) is 0 Å². The molecule has 1 rings (SSSR count). The van der Waals surface area contributed by atoms with Gasteiger partial charge < -0.3 is 9.47 Å². The summed E-state index contributed by atoms with van der Waals surface area (Å²) >= 11 is 0. The molecule has 2 atom stereocenters. The summed E-state index contributed by atoms with van der Waals surface area (Å²) < 4.78 is 11.3. The zero-order valence-corrected chi connectivity index (χ0v) is 12.4. The van der Waals surface area contributed by atoms with Crippen LogP contribution in [0.25, 0.3) is 0 Å². The van der Waals surface area contributed by atoms with Crippen LogP contribution in [0.1, 0.15) is 45.7 Å². The second-order valence-electron chi connectivity index (χ2n) is 5.09. The second-order valence-corrected chi connectivity index (χ2v) is 5.09. The molecule has 108 valence electrons. The summed E-state index contributed by atoms with van der Waals surface area (Å²) in [5.74, 6) is 6.43. The van der Waals surface area contributed by atoms with Crippen molar-refractivity contribution in [3.63, 3.8) is 0 Å². The largest absolute Gasteiger partial charge is 0.489 e. The summed E-state index contributed by atoms with van der Waals surface area (Å²) in [6, 6.07) is 1.80. The van der Waals surface area contributed by atoms with E-state index in [4.69, 9.17) is 15.3 Å². The smallest absolute Gasteiger partial charge is 0.138 e. The Morgan fingerprint density at radius 3 is 2.58 bits per heavy atom. The third kappa shape index (κ3) is 3.89. The Morgan fingerprint density at radius 2 is 2.11 bits per heavy atom. The van der Waals surface area contributed by atoms with Gasteiger partial charge in [-0.1, -0.05) is 6.92 Å². The van der Waals surface area contributed by atoms with Crippen molar-refractivity contribution in [3.8, 4) is 5.75 Å². The van der Waals surface area contributed by atoms with Gasteiger partial charge in [0, 0.05) is 13.3 Å². The maximum Gasteiger partial charge on any atom is 0.138 e. The van der Waals surface area contributed by atoms with Crippen molar-refractivity contribution in [2.24, 2.45) is 5.84 Å². The zero-order chi connectivity index (χ0) is 14.5. The topological polar surface area (TPSA) is 69.4 Å². The lowest BCUT2D eigenvalue weighted by molar-refractivity contribution is -0.0301. The van der Waals surface area contributed by atoms with Gasteiger partial charge in [0.1, 0.15) is 5.75 Å². The van der Waals surface area contributed by atoms with E-state index in [1.165, 1.54) is 0 Å². The molecule has 1 aromatic heterocycles. The number of nitrogens with one attached hydrogen (secondary N) is 1. The maximum atomic E-state index is 5.69. The van der Waals surface area contributed by atoms with E-state index in [0.29, 0.717) is 0 Å². The van der Waals surface area contributed by atoms with E-state index in [1.54, 1.807) is 19.5 Å². The van der Waals surface area contributed by atoms with E-state index in [9.17, 15) is 0 Å². The molecular formula is C14H25N3O2. The molecular weight excluding hydrogens is 242 g/mol. The summed E-state index contributed by atoms with van der Waals surface area (Å²) in [5, 5.41) is 0. The Hall–Kier alpha value is -1.17. The molecule has 2 unspecified atom stereocenters. The van der Waals surface area contributed by atoms with Gasteiger partial charge in [-0.2, -0.15) is 0 Å². The monoisotopic (exact) mass is 267 g/mol. The van der Waals surface area contributed by atoms with Crippen LogP contribution in [-0.2, 0) is 4.74 Å². The number of hydrazine groups is 1. The van der Waals surface area contributed by atoms with Crippen LogP contribution in [0.4, 0.5) is 0 Å². The van der Waals surface area contributed by atoms with E-state index in [1.807, 2.05) is 26.8 Å². The van der Waals surface area contributed by atoms with Crippen molar-refractivity contribution < 1.29 is 9.47 Å². The molecule has 19 heavy (non-hydrogen) atoms. The van der Waals surface area contributed by atoms with Crippen LogP contribution in [-0.4, -0.2) is 23.8 Å². The van der Waals surface area contributed by atoms with E-state index >= 15 is 0 Å². The first-order valence-electron chi connectivity index (χ1n) is 6.59. The number of aromatic nitrogens is 1. The van der Waals surface area contributed by atoms with E-state index < -0.39 is 5.60 Å². The average Bonchev–Trinajstić information content (AvgIpc) is 2.39. The minimum atomic E-state index is -0.396. The van der Waals surface area contributed by atoms with Crippen molar-refractivity contribution in [3.05, 3.63) is 24.0 Å². The van der Waals surface area contributed by atoms with E-state index in [2.05, 4.69) is 17.3 Å². The summed E-state index contributed by atoms with van der Waals surface area (Å²) in [5.41, 5.74) is 3.38. The fourth-order valence-corrected chi connectivity index (χ4v) is 2.02. The average molecular weight is 267 g/mol. The van der Waals surface area contributed by atoms with E-state index in [-0.39, 0.29) is 12.1 Å². The van der Waals surface area contributed by atoms with Crippen molar-refractivity contribution in [2.45, 2.75) is 51.9 Å². The molecule has 0 saturated heterocycles. The number of rotatable bonds is 7. The fraction of sp³-hybridized carbons (Fsp3) is 0.643. The summed E-state index contributed by atoms with van der Waals surface area (Å²) in [7, 11) is 1.69. The number of nitrogens with zero attached hydrogens (tertiary/aromatic N) is 1. The highest BCUT2D eigenvalue weighted by atomic mass is 16.5. The molecule has 0 aliphatic rings. The van der Waals surface area contributed by atoms with Crippen LogP contribution < -0.4 is 16.0 Å². The molecule has 0 amide bonds. The highest BCUT2D eigenvalue weighted by Gasteiger charge is 2.33. The molecule has 0 aliphatic carbocycles. The first-order valence-corrected chi connectivity index (χ1v) is 6.59. The van der Waals surface area contributed by atoms with E-state index in [0.717, 1.165) is 17.7 Å². The van der Waals surface area contributed by atoms with Gasteiger partial charge in [0.25, 0.3) is 0 Å². The number of ether oxygens (including phenoxy) is 2. The van der Waals surface area contributed by atoms with Crippen LogP contribution in [0, 0.1) is 0 Å². The molecule has 0 spiro atoms. The van der Waals surface area contributed by atoms with Gasteiger partial charge in [0.05, 0.1) is 23.9 Å². The molecule has 1 heterocycles. The van der Waals surface area contributed by atoms with Gasteiger partial charge in [-0.3, -0.25) is 16.3 Å². The Balaban J connectivity index is 3.05. The normalized spacial score (nSPS) is 16.2. The Kier molecular flexibility index (Phi) is 5.72. The van der Waals surface area contributed by atoms with Gasteiger partial charge in [0.2, 0.25) is 0 Å². The standard InChI is InChI=1S/C14H25N3O2/c1-6-14(4,18-5)13(17-15)11-7-12(9-16-8-11)19-10(2)3/h7-10,13,17H,6,15H2,1-5H3. The van der Waals surface area contributed by atoms with Crippen LogP contribution in [0.5, 0.6) is 5.75 Å². The van der Waals surface area contributed by atoms with Crippen molar-refractivity contribution in [2.75, 3.05) is 7.11 Å².